The normalized spacial score (nSPS) is 11.2. The first-order valence-electron chi connectivity index (χ1n) is 31.1. The SMILES string of the molecule is Fc1ccc(-c2ccc(-n3cc(-c4ccc(-c5ccccc5)cc4)c4cc(-c5ccc(-c6ccccc6)cc5)ccc43)cc2)cc1.Fc1cccc(-c2ccc(-n3cc(-c4ccc(-c5ccccc5)cc4)c4cc(-c5ccc(-c6ccccc6)cc5)ccc43)cc2)c1. The third-order valence-electron chi connectivity index (χ3n) is 17.5. The number of nitrogens with zero attached hydrogens (tertiary/aromatic N) is 2. The van der Waals surface area contributed by atoms with Crippen molar-refractivity contribution in [3.8, 4) is 123 Å². The predicted molar refractivity (Wildman–Crippen MR) is 381 cm³/mol. The predicted octanol–water partition coefficient (Wildman–Crippen LogP) is 24.2. The van der Waals surface area contributed by atoms with Gasteiger partial charge in [0.05, 0.1) is 11.0 Å². The van der Waals surface area contributed by atoms with Crippen LogP contribution in [-0.4, -0.2) is 9.13 Å². The largest absolute Gasteiger partial charge is 0.316 e. The van der Waals surface area contributed by atoms with E-state index in [1.807, 2.05) is 42.5 Å². The highest BCUT2D eigenvalue weighted by Gasteiger charge is 2.17. The molecule has 0 saturated carbocycles. The molecule has 0 aliphatic rings. The summed E-state index contributed by atoms with van der Waals surface area (Å²) in [6.07, 6.45) is 4.49. The van der Waals surface area contributed by atoms with Gasteiger partial charge >= 0.3 is 0 Å². The van der Waals surface area contributed by atoms with Gasteiger partial charge in [0.15, 0.2) is 0 Å². The van der Waals surface area contributed by atoms with E-state index in [4.69, 9.17) is 0 Å². The number of benzene rings is 14. The van der Waals surface area contributed by atoms with Gasteiger partial charge in [0.2, 0.25) is 0 Å². The lowest BCUT2D eigenvalue weighted by Crippen LogP contribution is -1.92. The highest BCUT2D eigenvalue weighted by atomic mass is 19.1. The summed E-state index contributed by atoms with van der Waals surface area (Å²) in [4.78, 5) is 0. The molecule has 14 aromatic carbocycles. The molecule has 16 rings (SSSR count). The molecule has 16 aromatic rings. The molecule has 0 saturated heterocycles. The summed E-state index contributed by atoms with van der Waals surface area (Å²) in [6, 6.07) is 121. The summed E-state index contributed by atoms with van der Waals surface area (Å²) in [5.74, 6) is -0.457. The maximum atomic E-state index is 13.9. The standard InChI is InChI=1S/2C44H30FN/c45-40-13-7-12-38(28-40)36-22-25-41(26-23-36)46-30-43(37-20-18-34(19-21-37)32-10-5-2-6-11-32)42-29-39(24-27-44(42)46)35-16-14-33(15-17-35)31-8-3-1-4-9-31;45-40-24-19-35(20-25-40)36-21-26-41(27-22-36)46-30-43(38-17-15-34(16-18-38)32-9-5-2-6-10-32)42-29-39(23-28-44(42)46)37-13-11-33(12-14-37)31-7-3-1-4-8-31/h2*1-30H. The Labute approximate surface area is 535 Å². The number of hydrogen-bond donors (Lipinski definition) is 0. The maximum Gasteiger partial charge on any atom is 0.123 e. The van der Waals surface area contributed by atoms with Gasteiger partial charge in [-0.25, -0.2) is 8.78 Å². The second kappa shape index (κ2) is 25.3. The molecule has 0 aliphatic carbocycles. The minimum atomic E-state index is -0.230. The van der Waals surface area contributed by atoms with Crippen molar-refractivity contribution < 1.29 is 8.78 Å². The van der Waals surface area contributed by atoms with Gasteiger partial charge in [0, 0.05) is 45.7 Å². The number of fused-ring (bicyclic) bond motifs is 2. The number of aromatic nitrogens is 2. The summed E-state index contributed by atoms with van der Waals surface area (Å²) in [7, 11) is 0. The molecule has 0 unspecified atom stereocenters. The van der Waals surface area contributed by atoms with Crippen LogP contribution in [-0.2, 0) is 0 Å². The average Bonchev–Trinajstić information content (AvgIpc) is 1.73. The Kier molecular flexibility index (Phi) is 15.5. The van der Waals surface area contributed by atoms with Crippen LogP contribution in [0.15, 0.2) is 364 Å². The molecule has 0 amide bonds. The van der Waals surface area contributed by atoms with Crippen LogP contribution in [0.1, 0.15) is 0 Å². The molecule has 2 heterocycles. The fourth-order valence-electron chi connectivity index (χ4n) is 12.6. The minimum Gasteiger partial charge on any atom is -0.316 e. The first-order chi connectivity index (χ1) is 45.4. The molecule has 0 aliphatic heterocycles. The summed E-state index contributed by atoms with van der Waals surface area (Å²) < 4.78 is 31.9. The Balaban J connectivity index is 0.000000153. The van der Waals surface area contributed by atoms with Crippen molar-refractivity contribution in [2.45, 2.75) is 0 Å². The Morgan fingerprint density at radius 3 is 0.728 bits per heavy atom. The van der Waals surface area contributed by atoms with Crippen molar-refractivity contribution in [2.75, 3.05) is 0 Å². The highest BCUT2D eigenvalue weighted by Crippen LogP contribution is 2.40. The van der Waals surface area contributed by atoms with Gasteiger partial charge < -0.3 is 9.13 Å². The molecule has 0 radical (unpaired) electrons. The second-order valence-corrected chi connectivity index (χ2v) is 23.2. The number of halogens is 2. The smallest absolute Gasteiger partial charge is 0.123 e. The van der Waals surface area contributed by atoms with Crippen LogP contribution in [0, 0.1) is 11.6 Å². The van der Waals surface area contributed by atoms with Crippen molar-refractivity contribution in [3.63, 3.8) is 0 Å². The second-order valence-electron chi connectivity index (χ2n) is 23.2. The van der Waals surface area contributed by atoms with E-state index in [1.54, 1.807) is 12.1 Å². The van der Waals surface area contributed by atoms with Crippen LogP contribution in [0.2, 0.25) is 0 Å². The highest BCUT2D eigenvalue weighted by molar-refractivity contribution is 6.01. The van der Waals surface area contributed by atoms with E-state index >= 15 is 0 Å². The van der Waals surface area contributed by atoms with E-state index in [1.165, 1.54) is 112 Å². The van der Waals surface area contributed by atoms with Crippen LogP contribution in [0.5, 0.6) is 0 Å². The van der Waals surface area contributed by atoms with Gasteiger partial charge in [-0.15, -0.1) is 0 Å². The van der Waals surface area contributed by atoms with Gasteiger partial charge in [0.1, 0.15) is 11.6 Å². The lowest BCUT2D eigenvalue weighted by Gasteiger charge is -2.09. The number of hydrogen-bond acceptors (Lipinski definition) is 0. The van der Waals surface area contributed by atoms with E-state index in [-0.39, 0.29) is 11.6 Å². The quantitative estimate of drug-likeness (QED) is 0.115. The summed E-state index contributed by atoms with van der Waals surface area (Å²) in [5.41, 5.74) is 27.3. The Morgan fingerprint density at radius 2 is 0.413 bits per heavy atom. The molecular formula is C88H60F2N2. The van der Waals surface area contributed by atoms with E-state index < -0.39 is 0 Å². The molecule has 4 heteroatoms. The third-order valence-corrected chi connectivity index (χ3v) is 17.5. The van der Waals surface area contributed by atoms with Crippen molar-refractivity contribution in [1.29, 1.82) is 0 Å². The van der Waals surface area contributed by atoms with Crippen molar-refractivity contribution >= 4 is 21.8 Å². The summed E-state index contributed by atoms with van der Waals surface area (Å²) >= 11 is 0. The first-order valence-corrected chi connectivity index (χ1v) is 31.1. The Hall–Kier alpha value is -12.0. The van der Waals surface area contributed by atoms with Gasteiger partial charge in [0.25, 0.3) is 0 Å². The van der Waals surface area contributed by atoms with Crippen molar-refractivity contribution in [3.05, 3.63) is 376 Å². The summed E-state index contributed by atoms with van der Waals surface area (Å²) in [5, 5.41) is 2.38. The monoisotopic (exact) mass is 1180 g/mol. The van der Waals surface area contributed by atoms with E-state index in [0.717, 1.165) is 50.2 Å². The zero-order valence-corrected chi connectivity index (χ0v) is 50.3. The van der Waals surface area contributed by atoms with Gasteiger partial charge in [-0.3, -0.25) is 0 Å². The molecule has 0 atom stereocenters. The molecule has 0 spiro atoms. The molecular weight excluding hydrogens is 1120 g/mol. The van der Waals surface area contributed by atoms with Crippen molar-refractivity contribution in [2.24, 2.45) is 0 Å². The fourth-order valence-corrected chi connectivity index (χ4v) is 12.6. The Bertz CT molecular complexity index is 5180. The van der Waals surface area contributed by atoms with Crippen LogP contribution < -0.4 is 0 Å². The lowest BCUT2D eigenvalue weighted by atomic mass is 9.97. The first kappa shape index (κ1) is 56.5. The molecule has 0 bridgehead atoms. The van der Waals surface area contributed by atoms with Crippen LogP contribution >= 0.6 is 0 Å². The van der Waals surface area contributed by atoms with Gasteiger partial charge in [-0.2, -0.15) is 0 Å². The van der Waals surface area contributed by atoms with Gasteiger partial charge in [-0.1, -0.05) is 279 Å². The topological polar surface area (TPSA) is 9.86 Å². The van der Waals surface area contributed by atoms with Crippen molar-refractivity contribution in [1.82, 2.24) is 9.13 Å². The molecule has 2 nitrogen and oxygen atoms in total. The summed E-state index contributed by atoms with van der Waals surface area (Å²) in [6.45, 7) is 0. The molecule has 2 aromatic heterocycles. The average molecular weight is 1180 g/mol. The Morgan fingerprint density at radius 1 is 0.174 bits per heavy atom. The van der Waals surface area contributed by atoms with E-state index in [2.05, 4.69) is 301 Å². The van der Waals surface area contributed by atoms with Crippen LogP contribution in [0.4, 0.5) is 8.78 Å². The molecule has 92 heavy (non-hydrogen) atoms. The zero-order chi connectivity index (χ0) is 61.7. The number of rotatable bonds is 12. The maximum absolute atomic E-state index is 13.9. The van der Waals surface area contributed by atoms with Gasteiger partial charge in [-0.05, 0) is 173 Å². The van der Waals surface area contributed by atoms with E-state index in [9.17, 15) is 8.78 Å². The fraction of sp³-hybridized carbons (Fsp3) is 0. The molecule has 0 fully saturated rings. The molecule has 0 N–H and O–H groups in total. The van der Waals surface area contributed by atoms with Crippen LogP contribution in [0.25, 0.3) is 144 Å². The minimum absolute atomic E-state index is 0.227. The zero-order valence-electron chi connectivity index (χ0n) is 50.3. The van der Waals surface area contributed by atoms with E-state index in [0.29, 0.717) is 0 Å². The van der Waals surface area contributed by atoms with Crippen LogP contribution in [0.3, 0.4) is 0 Å². The lowest BCUT2D eigenvalue weighted by molar-refractivity contribution is 0.627. The molecule has 436 valence electrons. The third kappa shape index (κ3) is 11.8.